The number of nitrogens with zero attached hydrogens (tertiary/aromatic N) is 3. The molecule has 0 fully saturated rings. The molecule has 0 aliphatic heterocycles. The highest BCUT2D eigenvalue weighted by Crippen LogP contribution is 2.31. The summed E-state index contributed by atoms with van der Waals surface area (Å²) in [5, 5.41) is 3.46. The first-order chi connectivity index (χ1) is 15.8. The largest absolute Gasteiger partial charge is 0.444 e. The summed E-state index contributed by atoms with van der Waals surface area (Å²) in [6.07, 6.45) is 3.82. The van der Waals surface area contributed by atoms with Crippen LogP contribution in [-0.4, -0.2) is 40.7 Å². The van der Waals surface area contributed by atoms with E-state index in [1.54, 1.807) is 24.2 Å². The first-order valence-corrected chi connectivity index (χ1v) is 13.4. The van der Waals surface area contributed by atoms with Crippen LogP contribution in [0.3, 0.4) is 0 Å². The number of carbonyl (C=O) groups is 1. The SMILES string of the molecule is CC(C)(C)c1cnc(CSc2cnc(NC(=O)Cc3ccc(N(CCCl)CCCl)cc3)s2)o1. The predicted octanol–water partition coefficient (Wildman–Crippen LogP) is 6.19. The number of thiazole rings is 1. The molecular weight excluding hydrogens is 499 g/mol. The van der Waals surface area contributed by atoms with Gasteiger partial charge in [0.25, 0.3) is 0 Å². The Morgan fingerprint density at radius 1 is 1.12 bits per heavy atom. The van der Waals surface area contributed by atoms with E-state index in [1.807, 2.05) is 24.3 Å². The zero-order valence-corrected chi connectivity index (χ0v) is 22.1. The summed E-state index contributed by atoms with van der Waals surface area (Å²) in [7, 11) is 0. The molecule has 10 heteroatoms. The average Bonchev–Trinajstić information content (AvgIpc) is 3.42. The highest BCUT2D eigenvalue weighted by molar-refractivity contribution is 8.00. The van der Waals surface area contributed by atoms with Crippen molar-refractivity contribution in [3.63, 3.8) is 0 Å². The van der Waals surface area contributed by atoms with Crippen molar-refractivity contribution in [2.75, 3.05) is 35.1 Å². The maximum absolute atomic E-state index is 12.5. The number of hydrogen-bond acceptors (Lipinski definition) is 7. The molecule has 3 rings (SSSR count). The number of benzene rings is 1. The molecule has 6 nitrogen and oxygen atoms in total. The topological polar surface area (TPSA) is 71.3 Å². The Hall–Kier alpha value is -1.74. The lowest BCUT2D eigenvalue weighted by atomic mass is 9.94. The van der Waals surface area contributed by atoms with Crippen molar-refractivity contribution in [3.8, 4) is 0 Å². The standard InChI is InChI=1S/C23H28Cl2N4O2S2/c1-23(2,3)18-13-26-20(31-18)15-32-21-14-27-22(33-21)28-19(30)12-16-4-6-17(7-5-16)29(10-8-24)11-9-25/h4-7,13-14H,8-12,15H2,1-3H3,(H,27,28,30). The lowest BCUT2D eigenvalue weighted by molar-refractivity contribution is -0.115. The van der Waals surface area contributed by atoms with Crippen molar-refractivity contribution in [1.29, 1.82) is 0 Å². The Morgan fingerprint density at radius 2 is 1.82 bits per heavy atom. The summed E-state index contributed by atoms with van der Waals surface area (Å²) in [4.78, 5) is 23.3. The molecule has 0 aliphatic carbocycles. The van der Waals surface area contributed by atoms with Gasteiger partial charge in [0.1, 0.15) is 5.76 Å². The molecule has 0 radical (unpaired) electrons. The van der Waals surface area contributed by atoms with Gasteiger partial charge in [-0.15, -0.1) is 35.0 Å². The minimum Gasteiger partial charge on any atom is -0.444 e. The third-order valence-electron chi connectivity index (χ3n) is 4.74. The molecule has 0 atom stereocenters. The second kappa shape index (κ2) is 12.1. The quantitative estimate of drug-likeness (QED) is 0.237. The zero-order chi connectivity index (χ0) is 23.8. The van der Waals surface area contributed by atoms with Crippen molar-refractivity contribution in [1.82, 2.24) is 9.97 Å². The summed E-state index contributed by atoms with van der Waals surface area (Å²) < 4.78 is 6.81. The maximum atomic E-state index is 12.5. The van der Waals surface area contributed by atoms with Gasteiger partial charge in [0, 0.05) is 36.0 Å². The number of rotatable bonds is 11. The molecule has 1 N–H and O–H groups in total. The number of hydrogen-bond donors (Lipinski definition) is 1. The van der Waals surface area contributed by atoms with Crippen molar-refractivity contribution < 1.29 is 9.21 Å². The predicted molar refractivity (Wildman–Crippen MR) is 139 cm³/mol. The van der Waals surface area contributed by atoms with E-state index in [2.05, 4.69) is 41.0 Å². The van der Waals surface area contributed by atoms with Crippen molar-refractivity contribution in [2.45, 2.75) is 42.6 Å². The molecule has 33 heavy (non-hydrogen) atoms. The van der Waals surface area contributed by atoms with Gasteiger partial charge >= 0.3 is 0 Å². The Balaban J connectivity index is 1.49. The van der Waals surface area contributed by atoms with Crippen LogP contribution in [0, 0.1) is 0 Å². The number of alkyl halides is 2. The molecule has 0 saturated heterocycles. The van der Waals surface area contributed by atoms with E-state index >= 15 is 0 Å². The number of nitrogens with one attached hydrogen (secondary N) is 1. The summed E-state index contributed by atoms with van der Waals surface area (Å²) in [5.74, 6) is 3.13. The van der Waals surface area contributed by atoms with E-state index in [1.165, 1.54) is 11.3 Å². The van der Waals surface area contributed by atoms with Gasteiger partial charge in [-0.05, 0) is 17.7 Å². The van der Waals surface area contributed by atoms with E-state index in [0.717, 1.165) is 34.3 Å². The van der Waals surface area contributed by atoms with Crippen molar-refractivity contribution in [2.24, 2.45) is 0 Å². The van der Waals surface area contributed by atoms with E-state index < -0.39 is 0 Å². The minimum atomic E-state index is -0.102. The van der Waals surface area contributed by atoms with Gasteiger partial charge in [-0.2, -0.15) is 0 Å². The molecule has 178 valence electrons. The molecule has 1 amide bonds. The minimum absolute atomic E-state index is 0.0636. The molecule has 0 aliphatic rings. The van der Waals surface area contributed by atoms with Gasteiger partial charge in [-0.25, -0.2) is 9.97 Å². The maximum Gasteiger partial charge on any atom is 0.230 e. The van der Waals surface area contributed by atoms with Crippen LogP contribution in [0.15, 0.2) is 45.3 Å². The molecule has 0 spiro atoms. The molecule has 0 bridgehead atoms. The molecule has 0 unspecified atom stereocenters. The van der Waals surface area contributed by atoms with Crippen molar-refractivity contribution in [3.05, 3.63) is 53.9 Å². The van der Waals surface area contributed by atoms with E-state index in [4.69, 9.17) is 27.6 Å². The van der Waals surface area contributed by atoms with Crippen LogP contribution in [0.25, 0.3) is 0 Å². The van der Waals surface area contributed by atoms with Crippen LogP contribution in [0.1, 0.15) is 38.0 Å². The Labute approximate surface area is 213 Å². The average molecular weight is 528 g/mol. The van der Waals surface area contributed by atoms with Gasteiger partial charge in [0.2, 0.25) is 11.8 Å². The van der Waals surface area contributed by atoms with E-state index in [0.29, 0.717) is 28.5 Å². The van der Waals surface area contributed by atoms with Crippen LogP contribution in [0.2, 0.25) is 0 Å². The smallest absolute Gasteiger partial charge is 0.230 e. The summed E-state index contributed by atoms with van der Waals surface area (Å²) in [6.45, 7) is 7.73. The molecule has 1 aromatic carbocycles. The van der Waals surface area contributed by atoms with Crippen LogP contribution in [0.4, 0.5) is 10.8 Å². The lowest BCUT2D eigenvalue weighted by Gasteiger charge is -2.23. The fourth-order valence-corrected chi connectivity index (χ4v) is 5.14. The molecule has 2 heterocycles. The normalized spacial score (nSPS) is 11.5. The van der Waals surface area contributed by atoms with Gasteiger partial charge in [-0.1, -0.05) is 44.2 Å². The number of carbonyl (C=O) groups excluding carboxylic acids is 1. The fraction of sp³-hybridized carbons (Fsp3) is 0.435. The van der Waals surface area contributed by atoms with Crippen molar-refractivity contribution >= 4 is 63.0 Å². The summed E-state index contributed by atoms with van der Waals surface area (Å²) in [6, 6.07) is 7.90. The lowest BCUT2D eigenvalue weighted by Crippen LogP contribution is -2.27. The summed E-state index contributed by atoms with van der Waals surface area (Å²) >= 11 is 14.8. The third-order valence-corrected chi connectivity index (χ3v) is 7.17. The number of anilines is 2. The van der Waals surface area contributed by atoms with Gasteiger partial charge < -0.3 is 14.6 Å². The second-order valence-electron chi connectivity index (χ2n) is 8.40. The Kier molecular flexibility index (Phi) is 9.49. The molecule has 2 aromatic heterocycles. The van der Waals surface area contributed by atoms with Gasteiger partial charge in [0.15, 0.2) is 5.13 Å². The highest BCUT2D eigenvalue weighted by atomic mass is 35.5. The van der Waals surface area contributed by atoms with E-state index in [9.17, 15) is 4.79 Å². The summed E-state index contributed by atoms with van der Waals surface area (Å²) in [5.41, 5.74) is 1.91. The van der Waals surface area contributed by atoms with Gasteiger partial charge in [0.05, 0.1) is 28.8 Å². The first-order valence-electron chi connectivity index (χ1n) is 10.6. The fourth-order valence-electron chi connectivity index (χ4n) is 2.99. The number of thioether (sulfide) groups is 1. The first kappa shape index (κ1) is 25.9. The van der Waals surface area contributed by atoms with Crippen LogP contribution in [-0.2, 0) is 22.4 Å². The third kappa shape index (κ3) is 7.91. The number of halogens is 2. The van der Waals surface area contributed by atoms with E-state index in [-0.39, 0.29) is 17.7 Å². The number of oxazole rings is 1. The molecule has 3 aromatic rings. The number of amides is 1. The highest BCUT2D eigenvalue weighted by Gasteiger charge is 2.19. The zero-order valence-electron chi connectivity index (χ0n) is 18.9. The molecule has 0 saturated carbocycles. The molecular formula is C23H28Cl2N4O2S2. The Bertz CT molecular complexity index is 1030. The van der Waals surface area contributed by atoms with Crippen LogP contribution >= 0.6 is 46.3 Å². The monoisotopic (exact) mass is 526 g/mol. The number of aromatic nitrogens is 2. The van der Waals surface area contributed by atoms with Crippen LogP contribution < -0.4 is 10.2 Å². The second-order valence-corrected chi connectivity index (χ2v) is 11.5. The van der Waals surface area contributed by atoms with Crippen LogP contribution in [0.5, 0.6) is 0 Å². The Morgan fingerprint density at radius 3 is 2.42 bits per heavy atom. The van der Waals surface area contributed by atoms with Gasteiger partial charge in [-0.3, -0.25) is 4.79 Å².